The molecule has 49 heavy (non-hydrogen) atoms. The number of hydrogen-bond donors (Lipinski definition) is 2. The topological polar surface area (TPSA) is 102 Å². The fraction of sp³-hybridized carbons (Fsp3) is 0.524. The highest BCUT2D eigenvalue weighted by Crippen LogP contribution is 2.54. The van der Waals surface area contributed by atoms with E-state index in [0.717, 1.165) is 35.3 Å². The van der Waals surface area contributed by atoms with Crippen molar-refractivity contribution >= 4 is 11.9 Å². The number of aromatic carboxylic acids is 1. The first-order valence-electron chi connectivity index (χ1n) is 18.4. The van der Waals surface area contributed by atoms with Crippen LogP contribution in [0.25, 0.3) is 0 Å². The summed E-state index contributed by atoms with van der Waals surface area (Å²) in [5.41, 5.74) is 11.0. The number of amides is 1. The molecule has 0 aliphatic heterocycles. The Hall–Kier alpha value is -3.68. The third kappa shape index (κ3) is 10.7. The van der Waals surface area contributed by atoms with Gasteiger partial charge >= 0.3 is 5.97 Å². The van der Waals surface area contributed by atoms with Crippen molar-refractivity contribution in [1.29, 1.82) is 0 Å². The van der Waals surface area contributed by atoms with Crippen molar-refractivity contribution in [2.45, 2.75) is 103 Å². The molecule has 3 aromatic rings. The van der Waals surface area contributed by atoms with E-state index in [1.54, 1.807) is 24.3 Å². The van der Waals surface area contributed by atoms with Crippen LogP contribution in [-0.2, 0) is 29.1 Å². The van der Waals surface area contributed by atoms with Gasteiger partial charge in [-0.1, -0.05) is 68.4 Å². The van der Waals surface area contributed by atoms with Crippen LogP contribution in [0, 0.1) is 17.8 Å². The molecule has 0 heterocycles. The predicted molar refractivity (Wildman–Crippen MR) is 195 cm³/mol. The number of carbonyl (C=O) groups is 2. The molecule has 4 aliphatic carbocycles. The van der Waals surface area contributed by atoms with Crippen molar-refractivity contribution < 1.29 is 24.2 Å². The Morgan fingerprint density at radius 3 is 2.08 bits per heavy atom. The molecule has 3 N–H and O–H groups in total. The number of carboxylic acids is 1. The molecule has 7 rings (SSSR count). The highest BCUT2D eigenvalue weighted by Gasteiger charge is 2.48. The molecule has 0 aromatic heterocycles. The molecule has 1 amide bonds. The molecular formula is C42H56N2O5. The predicted octanol–water partition coefficient (Wildman–Crippen LogP) is 8.39. The van der Waals surface area contributed by atoms with E-state index >= 15 is 0 Å². The van der Waals surface area contributed by atoms with E-state index in [1.165, 1.54) is 44.1 Å². The zero-order valence-corrected chi connectivity index (χ0v) is 29.7. The molecule has 0 spiro atoms. The van der Waals surface area contributed by atoms with Gasteiger partial charge < -0.3 is 25.2 Å². The number of benzene rings is 3. The van der Waals surface area contributed by atoms with Crippen molar-refractivity contribution in [3.05, 3.63) is 101 Å². The first-order valence-corrected chi connectivity index (χ1v) is 18.4. The lowest BCUT2D eigenvalue weighted by molar-refractivity contribution is -0.132. The minimum absolute atomic E-state index is 0.125. The van der Waals surface area contributed by atoms with Gasteiger partial charge in [-0.15, -0.1) is 0 Å². The number of rotatable bonds is 15. The first-order chi connectivity index (χ1) is 23.6. The van der Waals surface area contributed by atoms with Crippen molar-refractivity contribution in [1.82, 2.24) is 4.90 Å². The summed E-state index contributed by atoms with van der Waals surface area (Å²) < 4.78 is 11.3. The van der Waals surface area contributed by atoms with E-state index in [9.17, 15) is 14.7 Å². The lowest BCUT2D eigenvalue weighted by Gasteiger charge is -2.55. The molecule has 7 nitrogen and oxygen atoms in total. The Balaban J connectivity index is 0.000000351. The lowest BCUT2D eigenvalue weighted by Crippen LogP contribution is -2.55. The van der Waals surface area contributed by atoms with E-state index in [0.29, 0.717) is 61.9 Å². The Bertz CT molecular complexity index is 1460. The van der Waals surface area contributed by atoms with E-state index in [4.69, 9.17) is 15.2 Å². The molecule has 0 unspecified atom stereocenters. The summed E-state index contributed by atoms with van der Waals surface area (Å²) in [7, 11) is 0. The maximum absolute atomic E-state index is 13.2. The number of carboxylic acid groups (broad SMARTS) is 1. The van der Waals surface area contributed by atoms with Gasteiger partial charge in [0.1, 0.15) is 12.4 Å². The maximum atomic E-state index is 13.2. The molecular weight excluding hydrogens is 612 g/mol. The van der Waals surface area contributed by atoms with Gasteiger partial charge in [-0.3, -0.25) is 4.79 Å². The molecule has 0 atom stereocenters. The van der Waals surface area contributed by atoms with Crippen LogP contribution in [0.1, 0.15) is 111 Å². The summed E-state index contributed by atoms with van der Waals surface area (Å²) >= 11 is 0. The van der Waals surface area contributed by atoms with Gasteiger partial charge in [0.05, 0.1) is 5.56 Å². The second-order valence-electron chi connectivity index (χ2n) is 14.9. The number of aryl methyl sites for hydroxylation is 1. The molecule has 264 valence electrons. The Morgan fingerprint density at radius 1 is 0.898 bits per heavy atom. The van der Waals surface area contributed by atoms with Gasteiger partial charge in [0.15, 0.2) is 0 Å². The van der Waals surface area contributed by atoms with Crippen LogP contribution < -0.4 is 10.5 Å². The van der Waals surface area contributed by atoms with E-state index in [1.807, 2.05) is 36.1 Å². The summed E-state index contributed by atoms with van der Waals surface area (Å²) in [5, 5.41) is 9.33. The number of ether oxygens (including phenoxy) is 2. The van der Waals surface area contributed by atoms with Crippen LogP contribution in [0.5, 0.6) is 5.75 Å². The van der Waals surface area contributed by atoms with Crippen LogP contribution in [0.15, 0.2) is 72.8 Å². The van der Waals surface area contributed by atoms with Crippen LogP contribution in [0.3, 0.4) is 0 Å². The van der Waals surface area contributed by atoms with Crippen LogP contribution in [0.4, 0.5) is 0 Å². The molecule has 4 aliphatic rings. The third-order valence-corrected chi connectivity index (χ3v) is 10.6. The summed E-state index contributed by atoms with van der Waals surface area (Å²) in [4.78, 5) is 26.5. The van der Waals surface area contributed by atoms with Gasteiger partial charge in [0, 0.05) is 43.8 Å². The van der Waals surface area contributed by atoms with Crippen LogP contribution in [0.2, 0.25) is 0 Å². The maximum Gasteiger partial charge on any atom is 0.336 e. The lowest BCUT2D eigenvalue weighted by atomic mass is 9.53. The largest absolute Gasteiger partial charge is 0.489 e. The fourth-order valence-corrected chi connectivity index (χ4v) is 8.38. The highest BCUT2D eigenvalue weighted by molar-refractivity contribution is 5.89. The van der Waals surface area contributed by atoms with Gasteiger partial charge in [-0.25, -0.2) is 4.79 Å². The Morgan fingerprint density at radius 2 is 1.51 bits per heavy atom. The third-order valence-electron chi connectivity index (χ3n) is 10.6. The second-order valence-corrected chi connectivity index (χ2v) is 14.9. The average Bonchev–Trinajstić information content (AvgIpc) is 3.07. The molecule has 3 aromatic carbocycles. The monoisotopic (exact) mass is 668 g/mol. The zero-order chi connectivity index (χ0) is 34.8. The van der Waals surface area contributed by atoms with E-state index < -0.39 is 5.97 Å². The first kappa shape index (κ1) is 36.6. The van der Waals surface area contributed by atoms with Crippen LogP contribution >= 0.6 is 0 Å². The smallest absolute Gasteiger partial charge is 0.336 e. The van der Waals surface area contributed by atoms with Gasteiger partial charge in [-0.05, 0) is 117 Å². The quantitative estimate of drug-likeness (QED) is 0.158. The van der Waals surface area contributed by atoms with Crippen LogP contribution in [-0.4, -0.2) is 47.2 Å². The average molecular weight is 669 g/mol. The number of carbonyl (C=O) groups excluding carboxylic acids is 1. The van der Waals surface area contributed by atoms with Crippen molar-refractivity contribution in [3.8, 4) is 5.75 Å². The van der Waals surface area contributed by atoms with Crippen molar-refractivity contribution in [2.75, 3.05) is 19.8 Å². The minimum atomic E-state index is -0.969. The summed E-state index contributed by atoms with van der Waals surface area (Å²) in [6, 6.07) is 23.0. The van der Waals surface area contributed by atoms with E-state index in [-0.39, 0.29) is 18.1 Å². The Kier molecular flexibility index (Phi) is 12.9. The minimum Gasteiger partial charge on any atom is -0.489 e. The second kappa shape index (κ2) is 17.3. The Labute approximate surface area is 293 Å². The number of nitrogens with zero attached hydrogens (tertiary/aromatic N) is 1. The van der Waals surface area contributed by atoms with Gasteiger partial charge in [0.25, 0.3) is 0 Å². The standard InChI is InChI=1S/C32H39NO5.C10H17N/c1-4-37-21-7-20-33(22-26-10-15-27(16-11-26)24(2)3)31(34)19-14-25-12-17-29(18-13-25)38-23-28-8-5-6-9-30(28)32(35)36;11-10-4-7-1-8(5-10)3-9(2-7)6-10/h5-6,8-13,15-18,24H,4,7,14,19-23H2,1-3H3,(H,35,36);7-9H,1-6,11H2. The highest BCUT2D eigenvalue weighted by atomic mass is 16.5. The van der Waals surface area contributed by atoms with Crippen molar-refractivity contribution in [3.63, 3.8) is 0 Å². The molecule has 0 radical (unpaired) electrons. The van der Waals surface area contributed by atoms with Gasteiger partial charge in [0.2, 0.25) is 5.91 Å². The molecule has 7 heteroatoms. The van der Waals surface area contributed by atoms with Gasteiger partial charge in [-0.2, -0.15) is 0 Å². The molecule has 4 fully saturated rings. The normalized spacial score (nSPS) is 22.0. The number of nitrogens with two attached hydrogens (primary N) is 1. The van der Waals surface area contributed by atoms with E-state index in [2.05, 4.69) is 38.1 Å². The molecule has 0 saturated heterocycles. The summed E-state index contributed by atoms with van der Waals surface area (Å²) in [6.07, 6.45) is 10.4. The zero-order valence-electron chi connectivity index (χ0n) is 29.7. The summed E-state index contributed by atoms with van der Waals surface area (Å²) in [6.45, 7) is 9.08. The van der Waals surface area contributed by atoms with Crippen molar-refractivity contribution in [2.24, 2.45) is 23.5 Å². The number of hydrogen-bond acceptors (Lipinski definition) is 5. The molecule has 4 saturated carbocycles. The molecule has 4 bridgehead atoms. The SMILES string of the molecule is CCOCCCN(Cc1ccc(C(C)C)cc1)C(=O)CCc1ccc(OCc2ccccc2C(=O)O)cc1.NC12CC3CC(CC(C3)C1)C2. The fourth-order valence-electron chi connectivity index (χ4n) is 8.38. The summed E-state index contributed by atoms with van der Waals surface area (Å²) in [5.74, 6) is 3.35.